The molecule has 6 heteroatoms. The average Bonchev–Trinajstić information content (AvgIpc) is 2.40. The molecule has 2 aromatic heterocycles. The third-order valence-electron chi connectivity index (χ3n) is 2.22. The molecule has 18 heavy (non-hydrogen) atoms. The molecular formula is C12H9Cl2N3O. The zero-order chi connectivity index (χ0) is 13.0. The lowest BCUT2D eigenvalue weighted by molar-refractivity contribution is 0.0950. The Bertz CT molecular complexity index is 561. The van der Waals surface area contributed by atoms with Crippen LogP contribution in [0.2, 0.25) is 10.2 Å². The predicted molar refractivity (Wildman–Crippen MR) is 69.7 cm³/mol. The van der Waals surface area contributed by atoms with Gasteiger partial charge < -0.3 is 5.32 Å². The molecule has 0 saturated heterocycles. The van der Waals surface area contributed by atoms with Crippen molar-refractivity contribution in [3.63, 3.8) is 0 Å². The van der Waals surface area contributed by atoms with Crippen molar-refractivity contribution in [3.8, 4) is 0 Å². The summed E-state index contributed by atoms with van der Waals surface area (Å²) in [5, 5.41) is 3.20. The maximum Gasteiger partial charge on any atom is 0.253 e. The van der Waals surface area contributed by atoms with E-state index in [0.29, 0.717) is 12.1 Å². The van der Waals surface area contributed by atoms with Gasteiger partial charge in [0.2, 0.25) is 0 Å². The Morgan fingerprint density at radius 1 is 1.28 bits per heavy atom. The third kappa shape index (κ3) is 3.18. The molecule has 0 fully saturated rings. The van der Waals surface area contributed by atoms with Crippen LogP contribution in [0.15, 0.2) is 36.7 Å². The Morgan fingerprint density at radius 2 is 2.11 bits per heavy atom. The number of nitrogens with one attached hydrogen (secondary N) is 1. The van der Waals surface area contributed by atoms with Gasteiger partial charge in [0, 0.05) is 12.4 Å². The van der Waals surface area contributed by atoms with E-state index in [2.05, 4.69) is 15.3 Å². The third-order valence-corrected chi connectivity index (χ3v) is 2.73. The quantitative estimate of drug-likeness (QED) is 0.881. The molecule has 1 N–H and O–H groups in total. The Labute approximate surface area is 114 Å². The Balaban J connectivity index is 2.06. The van der Waals surface area contributed by atoms with Crippen molar-refractivity contribution in [2.24, 2.45) is 0 Å². The van der Waals surface area contributed by atoms with Gasteiger partial charge in [0.1, 0.15) is 5.15 Å². The molecule has 1 amide bonds. The van der Waals surface area contributed by atoms with E-state index in [0.717, 1.165) is 5.69 Å². The molecule has 0 atom stereocenters. The molecule has 2 heterocycles. The van der Waals surface area contributed by atoms with Gasteiger partial charge in [-0.3, -0.25) is 9.78 Å². The van der Waals surface area contributed by atoms with E-state index in [9.17, 15) is 4.79 Å². The zero-order valence-electron chi connectivity index (χ0n) is 9.23. The number of hydrogen-bond donors (Lipinski definition) is 1. The number of nitrogens with zero attached hydrogens (tertiary/aromatic N) is 2. The van der Waals surface area contributed by atoms with Crippen LogP contribution in [0, 0.1) is 0 Å². The minimum Gasteiger partial charge on any atom is -0.346 e. The van der Waals surface area contributed by atoms with E-state index in [1.807, 2.05) is 18.2 Å². The molecule has 0 bridgehead atoms. The summed E-state index contributed by atoms with van der Waals surface area (Å²) in [5.74, 6) is -0.310. The predicted octanol–water partition coefficient (Wildman–Crippen LogP) is 2.71. The summed E-state index contributed by atoms with van der Waals surface area (Å²) >= 11 is 11.6. The summed E-state index contributed by atoms with van der Waals surface area (Å²) in [4.78, 5) is 19.8. The van der Waals surface area contributed by atoms with Gasteiger partial charge in [-0.25, -0.2) is 4.98 Å². The summed E-state index contributed by atoms with van der Waals surface area (Å²) in [5.41, 5.74) is 1.06. The first-order valence-electron chi connectivity index (χ1n) is 5.16. The van der Waals surface area contributed by atoms with Crippen LogP contribution < -0.4 is 5.32 Å². The van der Waals surface area contributed by atoms with Crippen molar-refractivity contribution in [2.45, 2.75) is 6.54 Å². The van der Waals surface area contributed by atoms with Gasteiger partial charge >= 0.3 is 0 Å². The lowest BCUT2D eigenvalue weighted by atomic mass is 10.2. The maximum atomic E-state index is 11.9. The van der Waals surface area contributed by atoms with E-state index in [-0.39, 0.29) is 16.1 Å². The molecule has 2 rings (SSSR count). The fraction of sp³-hybridized carbons (Fsp3) is 0.0833. The Morgan fingerprint density at radius 3 is 2.83 bits per heavy atom. The number of aromatic nitrogens is 2. The van der Waals surface area contributed by atoms with Gasteiger partial charge in [0.25, 0.3) is 5.91 Å². The summed E-state index contributed by atoms with van der Waals surface area (Å²) in [6.07, 6.45) is 3.01. The normalized spacial score (nSPS) is 10.1. The van der Waals surface area contributed by atoms with E-state index >= 15 is 0 Å². The summed E-state index contributed by atoms with van der Waals surface area (Å²) in [6, 6.07) is 6.91. The molecule has 0 radical (unpaired) electrons. The highest BCUT2D eigenvalue weighted by molar-refractivity contribution is 6.35. The number of pyridine rings is 2. The second kappa shape index (κ2) is 5.80. The molecule has 0 aliphatic rings. The second-order valence-electron chi connectivity index (χ2n) is 3.49. The van der Waals surface area contributed by atoms with Gasteiger partial charge in [-0.1, -0.05) is 29.3 Å². The second-order valence-corrected chi connectivity index (χ2v) is 4.29. The molecule has 0 aromatic carbocycles. The van der Waals surface area contributed by atoms with Gasteiger partial charge in [-0.2, -0.15) is 0 Å². The van der Waals surface area contributed by atoms with Crippen LogP contribution in [0.4, 0.5) is 0 Å². The van der Waals surface area contributed by atoms with Gasteiger partial charge in [-0.05, 0) is 18.2 Å². The number of carbonyl (C=O) groups excluding carboxylic acids is 1. The van der Waals surface area contributed by atoms with E-state index in [1.165, 1.54) is 12.3 Å². The van der Waals surface area contributed by atoms with Crippen molar-refractivity contribution >= 4 is 29.1 Å². The molecular weight excluding hydrogens is 273 g/mol. The van der Waals surface area contributed by atoms with E-state index < -0.39 is 0 Å². The molecule has 0 aliphatic carbocycles. The van der Waals surface area contributed by atoms with Crippen molar-refractivity contribution in [3.05, 3.63) is 58.1 Å². The summed E-state index contributed by atoms with van der Waals surface area (Å²) < 4.78 is 0. The average molecular weight is 282 g/mol. The Kier molecular flexibility index (Phi) is 4.12. The largest absolute Gasteiger partial charge is 0.346 e. The number of hydrogen-bond acceptors (Lipinski definition) is 3. The number of rotatable bonds is 3. The first kappa shape index (κ1) is 12.8. The fourth-order valence-corrected chi connectivity index (χ4v) is 1.70. The number of amides is 1. The summed E-state index contributed by atoms with van der Waals surface area (Å²) in [6.45, 7) is 0.329. The van der Waals surface area contributed by atoms with Crippen molar-refractivity contribution in [1.29, 1.82) is 0 Å². The minimum absolute atomic E-state index is 0.224. The SMILES string of the molecule is O=C(NCc1ccccn1)c1cc(Cl)ncc1Cl. The fourth-order valence-electron chi connectivity index (χ4n) is 1.36. The highest BCUT2D eigenvalue weighted by Gasteiger charge is 2.11. The van der Waals surface area contributed by atoms with Crippen LogP contribution in [-0.4, -0.2) is 15.9 Å². The molecule has 0 saturated carbocycles. The van der Waals surface area contributed by atoms with Crippen molar-refractivity contribution in [1.82, 2.24) is 15.3 Å². The number of carbonyl (C=O) groups is 1. The first-order valence-corrected chi connectivity index (χ1v) is 5.91. The zero-order valence-corrected chi connectivity index (χ0v) is 10.7. The van der Waals surface area contributed by atoms with Gasteiger partial charge in [0.15, 0.2) is 0 Å². The molecule has 0 spiro atoms. The molecule has 0 unspecified atom stereocenters. The van der Waals surface area contributed by atoms with Crippen LogP contribution in [-0.2, 0) is 6.54 Å². The molecule has 0 aliphatic heterocycles. The monoisotopic (exact) mass is 281 g/mol. The van der Waals surface area contributed by atoms with Crippen LogP contribution in [0.25, 0.3) is 0 Å². The van der Waals surface area contributed by atoms with Crippen molar-refractivity contribution < 1.29 is 4.79 Å². The number of halogens is 2. The van der Waals surface area contributed by atoms with Gasteiger partial charge in [0.05, 0.1) is 22.8 Å². The van der Waals surface area contributed by atoms with E-state index in [4.69, 9.17) is 23.2 Å². The van der Waals surface area contributed by atoms with Crippen LogP contribution in [0.5, 0.6) is 0 Å². The van der Waals surface area contributed by atoms with Crippen molar-refractivity contribution in [2.75, 3.05) is 0 Å². The highest BCUT2D eigenvalue weighted by atomic mass is 35.5. The standard InChI is InChI=1S/C12H9Cl2N3O/c13-10-7-16-11(14)5-9(10)12(18)17-6-8-3-1-2-4-15-8/h1-5,7H,6H2,(H,17,18). The van der Waals surface area contributed by atoms with Crippen LogP contribution in [0.3, 0.4) is 0 Å². The van der Waals surface area contributed by atoms with Crippen LogP contribution in [0.1, 0.15) is 16.1 Å². The minimum atomic E-state index is -0.310. The highest BCUT2D eigenvalue weighted by Crippen LogP contribution is 2.17. The molecule has 4 nitrogen and oxygen atoms in total. The van der Waals surface area contributed by atoms with E-state index in [1.54, 1.807) is 6.20 Å². The summed E-state index contributed by atoms with van der Waals surface area (Å²) in [7, 11) is 0. The molecule has 92 valence electrons. The van der Waals surface area contributed by atoms with Crippen LogP contribution >= 0.6 is 23.2 Å². The lowest BCUT2D eigenvalue weighted by Gasteiger charge is -2.06. The first-order chi connectivity index (χ1) is 8.66. The Hall–Kier alpha value is -1.65. The maximum absolute atomic E-state index is 11.9. The van der Waals surface area contributed by atoms with Gasteiger partial charge in [-0.15, -0.1) is 0 Å². The lowest BCUT2D eigenvalue weighted by Crippen LogP contribution is -2.23. The molecule has 2 aromatic rings. The smallest absolute Gasteiger partial charge is 0.253 e. The topological polar surface area (TPSA) is 54.9 Å².